The molecule has 2 unspecified atom stereocenters. The van der Waals surface area contributed by atoms with Crippen molar-refractivity contribution in [1.29, 1.82) is 0 Å². The Morgan fingerprint density at radius 3 is 1.90 bits per heavy atom. The number of nitrogens with one attached hydrogen (secondary N) is 1. The van der Waals surface area contributed by atoms with E-state index in [2.05, 4.69) is 17.4 Å². The van der Waals surface area contributed by atoms with Crippen molar-refractivity contribution >= 4 is 23.4 Å². The molecule has 6 aliphatic rings. The standard InChI is InChI=1S/C26H30N2O3/c29-23(15-28-24(30)21-3-1-2-4-22(21)25(28)31)27-20-7-5-19(6-8-20)26-12-16-9-17(13-26)11-18(10-16)14-26/h1-2,5-8,16-18,21-22H,3-4,9-15H2,(H,27,29). The summed E-state index contributed by atoms with van der Waals surface area (Å²) >= 11 is 0. The predicted octanol–water partition coefficient (Wildman–Crippen LogP) is 4.04. The molecule has 0 aromatic heterocycles. The van der Waals surface area contributed by atoms with Crippen molar-refractivity contribution in [2.75, 3.05) is 11.9 Å². The van der Waals surface area contributed by atoms with E-state index in [1.807, 2.05) is 24.3 Å². The number of amides is 3. The van der Waals surface area contributed by atoms with Crippen molar-refractivity contribution in [1.82, 2.24) is 4.90 Å². The number of anilines is 1. The number of likely N-dealkylation sites (tertiary alicyclic amines) is 1. The molecule has 1 saturated heterocycles. The Hall–Kier alpha value is -2.43. The Kier molecular flexibility index (Phi) is 4.38. The molecule has 1 aromatic rings. The molecule has 1 aromatic carbocycles. The summed E-state index contributed by atoms with van der Waals surface area (Å²) in [6.45, 7) is -0.193. The van der Waals surface area contributed by atoms with Crippen LogP contribution in [0.25, 0.3) is 0 Å². The maximum Gasteiger partial charge on any atom is 0.244 e. The number of fused-ring (bicyclic) bond motifs is 1. The van der Waals surface area contributed by atoms with Gasteiger partial charge in [0.2, 0.25) is 17.7 Å². The Labute approximate surface area is 183 Å². The summed E-state index contributed by atoms with van der Waals surface area (Å²) < 4.78 is 0. The Balaban J connectivity index is 1.12. The van der Waals surface area contributed by atoms with Crippen LogP contribution in [0.4, 0.5) is 5.69 Å². The molecule has 1 N–H and O–H groups in total. The number of allylic oxidation sites excluding steroid dienone is 2. The second-order valence-corrected chi connectivity index (χ2v) is 10.7. The van der Waals surface area contributed by atoms with Gasteiger partial charge in [0.1, 0.15) is 6.54 Å². The van der Waals surface area contributed by atoms with E-state index in [9.17, 15) is 14.4 Å². The zero-order chi connectivity index (χ0) is 21.2. The lowest BCUT2D eigenvalue weighted by molar-refractivity contribution is -0.142. The van der Waals surface area contributed by atoms with Gasteiger partial charge in [0, 0.05) is 5.69 Å². The number of imide groups is 1. The average Bonchev–Trinajstić information content (AvgIpc) is 2.98. The van der Waals surface area contributed by atoms with Crippen LogP contribution in [0.5, 0.6) is 0 Å². The molecule has 3 amide bonds. The number of hydrogen-bond donors (Lipinski definition) is 1. The number of hydrogen-bond acceptors (Lipinski definition) is 3. The second kappa shape index (κ2) is 7.04. The highest BCUT2D eigenvalue weighted by Crippen LogP contribution is 2.60. The number of nitrogens with zero attached hydrogens (tertiary/aromatic N) is 1. The lowest BCUT2D eigenvalue weighted by Crippen LogP contribution is -2.48. The summed E-state index contributed by atoms with van der Waals surface area (Å²) in [7, 11) is 0. The molecule has 0 spiro atoms. The maximum atomic E-state index is 12.6. The van der Waals surface area contributed by atoms with Crippen LogP contribution >= 0.6 is 0 Å². The van der Waals surface area contributed by atoms with E-state index in [4.69, 9.17) is 0 Å². The number of carbonyl (C=O) groups is 3. The topological polar surface area (TPSA) is 66.5 Å². The highest BCUT2D eigenvalue weighted by atomic mass is 16.2. The first-order valence-corrected chi connectivity index (χ1v) is 11.9. The van der Waals surface area contributed by atoms with Crippen LogP contribution in [0.3, 0.4) is 0 Å². The molecular weight excluding hydrogens is 388 g/mol. The normalized spacial score (nSPS) is 37.9. The number of rotatable bonds is 4. The van der Waals surface area contributed by atoms with Gasteiger partial charge >= 0.3 is 0 Å². The smallest absolute Gasteiger partial charge is 0.244 e. The van der Waals surface area contributed by atoms with Gasteiger partial charge in [-0.05, 0) is 92.2 Å². The Morgan fingerprint density at radius 2 is 1.39 bits per heavy atom. The van der Waals surface area contributed by atoms with E-state index in [0.29, 0.717) is 18.3 Å². The molecule has 4 saturated carbocycles. The van der Waals surface area contributed by atoms with E-state index >= 15 is 0 Å². The van der Waals surface area contributed by atoms with Crippen molar-refractivity contribution in [2.45, 2.75) is 56.8 Å². The summed E-state index contributed by atoms with van der Waals surface area (Å²) in [5, 5.41) is 2.89. The molecule has 5 aliphatic carbocycles. The van der Waals surface area contributed by atoms with Crippen LogP contribution < -0.4 is 5.32 Å². The SMILES string of the molecule is O=C(CN1C(=O)C2CC=CCC2C1=O)Nc1ccc(C23CC4CC(CC(C4)C2)C3)cc1. The molecule has 5 heteroatoms. The quantitative estimate of drug-likeness (QED) is 0.593. The molecule has 1 aliphatic heterocycles. The summed E-state index contributed by atoms with van der Waals surface area (Å²) in [4.78, 5) is 38.9. The van der Waals surface area contributed by atoms with Gasteiger partial charge in [0.05, 0.1) is 11.8 Å². The molecule has 5 fully saturated rings. The molecule has 0 radical (unpaired) electrons. The minimum atomic E-state index is -0.309. The van der Waals surface area contributed by atoms with E-state index in [0.717, 1.165) is 28.3 Å². The van der Waals surface area contributed by atoms with Gasteiger partial charge in [-0.2, -0.15) is 0 Å². The van der Waals surface area contributed by atoms with Gasteiger partial charge in [-0.25, -0.2) is 0 Å². The highest BCUT2D eigenvalue weighted by molar-refractivity contribution is 6.08. The summed E-state index contributed by atoms with van der Waals surface area (Å²) in [6, 6.07) is 8.36. The molecule has 4 bridgehead atoms. The van der Waals surface area contributed by atoms with Crippen LogP contribution in [0.2, 0.25) is 0 Å². The summed E-state index contributed by atoms with van der Waals surface area (Å²) in [5.41, 5.74) is 2.50. The van der Waals surface area contributed by atoms with Crippen molar-refractivity contribution < 1.29 is 14.4 Å². The Bertz CT molecular complexity index is 902. The van der Waals surface area contributed by atoms with Gasteiger partial charge in [0.15, 0.2) is 0 Å². The molecular formula is C26H30N2O3. The van der Waals surface area contributed by atoms with E-state index in [1.165, 1.54) is 44.1 Å². The average molecular weight is 419 g/mol. The van der Waals surface area contributed by atoms with Gasteiger partial charge < -0.3 is 5.32 Å². The van der Waals surface area contributed by atoms with Crippen molar-refractivity contribution in [2.24, 2.45) is 29.6 Å². The molecule has 1 heterocycles. The fraction of sp³-hybridized carbons (Fsp3) is 0.577. The third-order valence-electron chi connectivity index (χ3n) is 8.72. The van der Waals surface area contributed by atoms with E-state index < -0.39 is 0 Å². The first-order chi connectivity index (χ1) is 15.0. The van der Waals surface area contributed by atoms with Crippen LogP contribution in [0.1, 0.15) is 56.9 Å². The third-order valence-corrected chi connectivity index (χ3v) is 8.72. The predicted molar refractivity (Wildman–Crippen MR) is 117 cm³/mol. The fourth-order valence-electron chi connectivity index (χ4n) is 7.74. The monoisotopic (exact) mass is 418 g/mol. The van der Waals surface area contributed by atoms with Gasteiger partial charge in [-0.1, -0.05) is 24.3 Å². The lowest BCUT2D eigenvalue weighted by atomic mass is 9.48. The largest absolute Gasteiger partial charge is 0.325 e. The van der Waals surface area contributed by atoms with E-state index in [-0.39, 0.29) is 36.1 Å². The third kappa shape index (κ3) is 3.16. The van der Waals surface area contributed by atoms with Crippen LogP contribution in [0.15, 0.2) is 36.4 Å². The summed E-state index contributed by atoms with van der Waals surface area (Å²) in [6.07, 6.45) is 13.4. The van der Waals surface area contributed by atoms with Gasteiger partial charge in [0.25, 0.3) is 0 Å². The number of carbonyl (C=O) groups excluding carboxylic acids is 3. The fourth-order valence-corrected chi connectivity index (χ4v) is 7.74. The minimum Gasteiger partial charge on any atom is -0.325 e. The first-order valence-electron chi connectivity index (χ1n) is 11.9. The van der Waals surface area contributed by atoms with Crippen molar-refractivity contribution in [3.63, 3.8) is 0 Å². The molecule has 7 rings (SSSR count). The molecule has 2 atom stereocenters. The minimum absolute atomic E-state index is 0.193. The van der Waals surface area contributed by atoms with Gasteiger partial charge in [-0.15, -0.1) is 0 Å². The lowest BCUT2D eigenvalue weighted by Gasteiger charge is -2.57. The Morgan fingerprint density at radius 1 is 0.871 bits per heavy atom. The van der Waals surface area contributed by atoms with Gasteiger partial charge in [-0.3, -0.25) is 19.3 Å². The molecule has 162 valence electrons. The van der Waals surface area contributed by atoms with E-state index in [1.54, 1.807) is 0 Å². The maximum absolute atomic E-state index is 12.6. The van der Waals surface area contributed by atoms with Crippen molar-refractivity contribution in [3.05, 3.63) is 42.0 Å². The van der Waals surface area contributed by atoms with Crippen molar-refractivity contribution in [3.8, 4) is 0 Å². The summed E-state index contributed by atoms with van der Waals surface area (Å²) in [5.74, 6) is 1.42. The highest BCUT2D eigenvalue weighted by Gasteiger charge is 2.51. The first kappa shape index (κ1) is 19.3. The van der Waals surface area contributed by atoms with Crippen LogP contribution in [0, 0.1) is 29.6 Å². The number of benzene rings is 1. The second-order valence-electron chi connectivity index (χ2n) is 10.7. The van der Waals surface area contributed by atoms with Crippen LogP contribution in [-0.4, -0.2) is 29.2 Å². The molecule has 31 heavy (non-hydrogen) atoms. The molecule has 5 nitrogen and oxygen atoms in total. The zero-order valence-corrected chi connectivity index (χ0v) is 17.9. The van der Waals surface area contributed by atoms with Crippen LogP contribution in [-0.2, 0) is 19.8 Å². The zero-order valence-electron chi connectivity index (χ0n) is 17.9.